The molecule has 2 aliphatic carbocycles. The lowest BCUT2D eigenvalue weighted by Crippen LogP contribution is -2.39. The van der Waals surface area contributed by atoms with Crippen LogP contribution in [0.3, 0.4) is 0 Å². The van der Waals surface area contributed by atoms with E-state index in [0.29, 0.717) is 0 Å². The van der Waals surface area contributed by atoms with Crippen molar-refractivity contribution in [2.75, 3.05) is 13.1 Å². The van der Waals surface area contributed by atoms with Gasteiger partial charge < -0.3 is 11.1 Å². The van der Waals surface area contributed by atoms with Crippen molar-refractivity contribution in [2.24, 2.45) is 17.6 Å². The van der Waals surface area contributed by atoms with E-state index in [4.69, 9.17) is 5.73 Å². The normalized spacial score (nSPS) is 36.2. The van der Waals surface area contributed by atoms with Gasteiger partial charge in [0.2, 0.25) is 0 Å². The Hall–Kier alpha value is -0.0800. The maximum Gasteiger partial charge on any atom is 0.00699 e. The first-order valence-corrected chi connectivity index (χ1v) is 6.83. The average molecular weight is 210 g/mol. The van der Waals surface area contributed by atoms with Gasteiger partial charge >= 0.3 is 0 Å². The van der Waals surface area contributed by atoms with Gasteiger partial charge in [-0.2, -0.15) is 0 Å². The third kappa shape index (κ3) is 3.18. The SMILES string of the molecule is NCCCNC1CCC2CCCCC2C1. The Balaban J connectivity index is 1.71. The van der Waals surface area contributed by atoms with E-state index in [1.807, 2.05) is 0 Å². The van der Waals surface area contributed by atoms with E-state index in [1.54, 1.807) is 0 Å². The molecule has 0 spiro atoms. The highest BCUT2D eigenvalue weighted by Crippen LogP contribution is 2.40. The predicted molar refractivity (Wildman–Crippen MR) is 64.8 cm³/mol. The Bertz CT molecular complexity index is 179. The molecule has 0 aromatic rings. The third-order valence-electron chi connectivity index (χ3n) is 4.35. The minimum absolute atomic E-state index is 0.802. The van der Waals surface area contributed by atoms with Crippen LogP contribution in [0, 0.1) is 11.8 Å². The molecule has 0 saturated heterocycles. The molecule has 3 unspecified atom stereocenters. The molecule has 3 N–H and O–H groups in total. The fourth-order valence-electron chi connectivity index (χ4n) is 3.47. The molecule has 0 heterocycles. The van der Waals surface area contributed by atoms with Gasteiger partial charge in [0.25, 0.3) is 0 Å². The molecular weight excluding hydrogens is 184 g/mol. The van der Waals surface area contributed by atoms with Crippen LogP contribution in [-0.4, -0.2) is 19.1 Å². The Morgan fingerprint density at radius 1 is 1.00 bits per heavy atom. The summed E-state index contributed by atoms with van der Waals surface area (Å²) in [6, 6.07) is 0.802. The average Bonchev–Trinajstić information content (AvgIpc) is 2.29. The maximum absolute atomic E-state index is 5.51. The van der Waals surface area contributed by atoms with Crippen molar-refractivity contribution < 1.29 is 0 Å². The molecular formula is C13H26N2. The van der Waals surface area contributed by atoms with Gasteiger partial charge in [-0.05, 0) is 50.6 Å². The Kier molecular flexibility index (Phi) is 4.45. The minimum Gasteiger partial charge on any atom is -0.330 e. The van der Waals surface area contributed by atoms with Crippen LogP contribution in [0.1, 0.15) is 51.4 Å². The van der Waals surface area contributed by atoms with Crippen LogP contribution < -0.4 is 11.1 Å². The molecule has 15 heavy (non-hydrogen) atoms. The second kappa shape index (κ2) is 5.86. The van der Waals surface area contributed by atoms with E-state index in [-0.39, 0.29) is 0 Å². The number of nitrogens with two attached hydrogens (primary N) is 1. The molecule has 2 saturated carbocycles. The molecule has 3 atom stereocenters. The van der Waals surface area contributed by atoms with Gasteiger partial charge in [-0.3, -0.25) is 0 Å². The maximum atomic E-state index is 5.51. The molecule has 2 aliphatic rings. The summed E-state index contributed by atoms with van der Waals surface area (Å²) >= 11 is 0. The zero-order chi connectivity index (χ0) is 10.5. The number of rotatable bonds is 4. The molecule has 0 aromatic carbocycles. The summed E-state index contributed by atoms with van der Waals surface area (Å²) in [6.45, 7) is 1.95. The number of fused-ring (bicyclic) bond motifs is 1. The van der Waals surface area contributed by atoms with E-state index in [9.17, 15) is 0 Å². The number of hydrogen-bond donors (Lipinski definition) is 2. The summed E-state index contributed by atoms with van der Waals surface area (Å²) in [4.78, 5) is 0. The lowest BCUT2D eigenvalue weighted by molar-refractivity contribution is 0.144. The zero-order valence-electron chi connectivity index (χ0n) is 9.88. The van der Waals surface area contributed by atoms with E-state index in [2.05, 4.69) is 5.32 Å². The fourth-order valence-corrected chi connectivity index (χ4v) is 3.47. The van der Waals surface area contributed by atoms with Gasteiger partial charge in [0, 0.05) is 6.04 Å². The zero-order valence-corrected chi connectivity index (χ0v) is 9.88. The second-order valence-electron chi connectivity index (χ2n) is 5.41. The van der Waals surface area contributed by atoms with Crippen molar-refractivity contribution in [3.8, 4) is 0 Å². The van der Waals surface area contributed by atoms with Gasteiger partial charge in [0.05, 0.1) is 0 Å². The summed E-state index contributed by atoms with van der Waals surface area (Å²) < 4.78 is 0. The standard InChI is InChI=1S/C13H26N2/c14-8-3-9-15-13-7-6-11-4-1-2-5-12(11)10-13/h11-13,15H,1-10,14H2. The quantitative estimate of drug-likeness (QED) is 0.699. The van der Waals surface area contributed by atoms with Crippen molar-refractivity contribution in [3.05, 3.63) is 0 Å². The van der Waals surface area contributed by atoms with E-state index in [1.165, 1.54) is 44.9 Å². The van der Waals surface area contributed by atoms with Crippen LogP contribution in [0.25, 0.3) is 0 Å². The lowest BCUT2D eigenvalue weighted by atomic mass is 9.69. The highest BCUT2D eigenvalue weighted by molar-refractivity contribution is 4.86. The summed E-state index contributed by atoms with van der Waals surface area (Å²) in [5.41, 5.74) is 5.51. The summed E-state index contributed by atoms with van der Waals surface area (Å²) in [5.74, 6) is 2.12. The lowest BCUT2D eigenvalue weighted by Gasteiger charge is -2.39. The molecule has 2 rings (SSSR count). The van der Waals surface area contributed by atoms with Gasteiger partial charge in [0.1, 0.15) is 0 Å². The molecule has 0 radical (unpaired) electrons. The van der Waals surface area contributed by atoms with Crippen LogP contribution in [0.2, 0.25) is 0 Å². The Morgan fingerprint density at radius 2 is 1.80 bits per heavy atom. The van der Waals surface area contributed by atoms with Gasteiger partial charge in [-0.1, -0.05) is 25.7 Å². The minimum atomic E-state index is 0.802. The largest absolute Gasteiger partial charge is 0.330 e. The van der Waals surface area contributed by atoms with Crippen LogP contribution in [0.5, 0.6) is 0 Å². The topological polar surface area (TPSA) is 38.0 Å². The van der Waals surface area contributed by atoms with Gasteiger partial charge in [0.15, 0.2) is 0 Å². The first kappa shape index (κ1) is 11.4. The van der Waals surface area contributed by atoms with E-state index >= 15 is 0 Å². The van der Waals surface area contributed by atoms with Gasteiger partial charge in [-0.15, -0.1) is 0 Å². The van der Waals surface area contributed by atoms with Crippen molar-refractivity contribution in [2.45, 2.75) is 57.4 Å². The molecule has 0 aromatic heterocycles. The monoisotopic (exact) mass is 210 g/mol. The molecule has 2 heteroatoms. The molecule has 0 bridgehead atoms. The first-order valence-electron chi connectivity index (χ1n) is 6.83. The van der Waals surface area contributed by atoms with E-state index in [0.717, 1.165) is 37.4 Å². The first-order chi connectivity index (χ1) is 7.40. The number of nitrogens with one attached hydrogen (secondary N) is 1. The van der Waals surface area contributed by atoms with Crippen molar-refractivity contribution in [3.63, 3.8) is 0 Å². The molecule has 0 amide bonds. The highest BCUT2D eigenvalue weighted by atomic mass is 14.9. The molecule has 88 valence electrons. The highest BCUT2D eigenvalue weighted by Gasteiger charge is 2.31. The van der Waals surface area contributed by atoms with Crippen molar-refractivity contribution in [1.29, 1.82) is 0 Å². The number of hydrogen-bond acceptors (Lipinski definition) is 2. The molecule has 2 nitrogen and oxygen atoms in total. The fraction of sp³-hybridized carbons (Fsp3) is 1.00. The predicted octanol–water partition coefficient (Wildman–Crippen LogP) is 2.28. The van der Waals surface area contributed by atoms with E-state index < -0.39 is 0 Å². The Labute approximate surface area is 94.0 Å². The molecule has 2 fully saturated rings. The molecule has 0 aliphatic heterocycles. The van der Waals surface area contributed by atoms with Crippen LogP contribution in [0.15, 0.2) is 0 Å². The smallest absolute Gasteiger partial charge is 0.00699 e. The second-order valence-corrected chi connectivity index (χ2v) is 5.41. The van der Waals surface area contributed by atoms with Crippen LogP contribution >= 0.6 is 0 Å². The van der Waals surface area contributed by atoms with Crippen LogP contribution in [0.4, 0.5) is 0 Å². The van der Waals surface area contributed by atoms with Crippen molar-refractivity contribution >= 4 is 0 Å². The van der Waals surface area contributed by atoms with Crippen LogP contribution in [-0.2, 0) is 0 Å². The Morgan fingerprint density at radius 3 is 2.60 bits per heavy atom. The summed E-state index contributed by atoms with van der Waals surface area (Å²) in [7, 11) is 0. The summed E-state index contributed by atoms with van der Waals surface area (Å²) in [6.07, 6.45) is 11.4. The van der Waals surface area contributed by atoms with Gasteiger partial charge in [-0.25, -0.2) is 0 Å². The third-order valence-corrected chi connectivity index (χ3v) is 4.35. The summed E-state index contributed by atoms with van der Waals surface area (Å²) in [5, 5.41) is 3.68. The van der Waals surface area contributed by atoms with Crippen molar-refractivity contribution in [1.82, 2.24) is 5.32 Å².